The highest BCUT2D eigenvalue weighted by Crippen LogP contribution is 2.37. The molecule has 1 unspecified atom stereocenters. The first-order chi connectivity index (χ1) is 11.3. The van der Waals surface area contributed by atoms with Crippen molar-refractivity contribution in [1.82, 2.24) is 5.32 Å². The molecule has 2 N–H and O–H groups in total. The first-order valence-electron chi connectivity index (χ1n) is 8.03. The Morgan fingerprint density at radius 3 is 2.62 bits per heavy atom. The zero-order valence-corrected chi connectivity index (χ0v) is 13.6. The summed E-state index contributed by atoms with van der Waals surface area (Å²) in [6.07, 6.45) is 1.71. The number of hydrogen-bond acceptors (Lipinski definition) is 2. The smallest absolute Gasteiger partial charge is 0.251 e. The van der Waals surface area contributed by atoms with Gasteiger partial charge in [0, 0.05) is 30.1 Å². The van der Waals surface area contributed by atoms with Crippen molar-refractivity contribution in [3.05, 3.63) is 42.5 Å². The van der Waals surface area contributed by atoms with Gasteiger partial charge in [-0.1, -0.05) is 12.6 Å². The second kappa shape index (κ2) is 7.55. The number of rotatable bonds is 5. The van der Waals surface area contributed by atoms with Gasteiger partial charge in [-0.05, 0) is 50.0 Å². The third-order valence-corrected chi connectivity index (χ3v) is 4.41. The molecule has 6 heteroatoms. The van der Waals surface area contributed by atoms with E-state index in [0.29, 0.717) is 24.1 Å². The van der Waals surface area contributed by atoms with Crippen LogP contribution in [0.2, 0.25) is 0 Å². The highest BCUT2D eigenvalue weighted by molar-refractivity contribution is 6.00. The van der Waals surface area contributed by atoms with Gasteiger partial charge in [-0.3, -0.25) is 9.59 Å². The molecule has 1 atom stereocenters. The van der Waals surface area contributed by atoms with Gasteiger partial charge < -0.3 is 10.6 Å². The van der Waals surface area contributed by atoms with E-state index in [9.17, 15) is 18.4 Å². The van der Waals surface area contributed by atoms with Crippen molar-refractivity contribution in [1.29, 1.82) is 0 Å². The molecular formula is C18H22F2N2O2. The molecular weight excluding hydrogens is 314 g/mol. The minimum absolute atomic E-state index is 0.0530. The van der Waals surface area contributed by atoms with Crippen molar-refractivity contribution in [2.24, 2.45) is 5.92 Å². The van der Waals surface area contributed by atoms with Crippen molar-refractivity contribution in [2.45, 2.75) is 44.6 Å². The first kappa shape index (κ1) is 18.1. The molecule has 0 bridgehead atoms. The molecule has 1 saturated carbocycles. The van der Waals surface area contributed by atoms with E-state index in [1.807, 2.05) is 6.92 Å². The maximum absolute atomic E-state index is 13.2. The molecule has 0 aromatic heterocycles. The summed E-state index contributed by atoms with van der Waals surface area (Å²) in [6.45, 7) is 5.21. The van der Waals surface area contributed by atoms with Crippen LogP contribution in [-0.4, -0.2) is 23.8 Å². The molecule has 0 spiro atoms. The lowest BCUT2D eigenvalue weighted by molar-refractivity contribution is -0.111. The second-order valence-corrected chi connectivity index (χ2v) is 6.23. The third kappa shape index (κ3) is 4.88. The summed E-state index contributed by atoms with van der Waals surface area (Å²) in [5, 5.41) is 5.46. The SMILES string of the molecule is C=CC(=O)Nc1cccc(C(=O)NC(C)C2CCC(F)(F)CC2)c1. The van der Waals surface area contributed by atoms with Gasteiger partial charge in [0.25, 0.3) is 5.91 Å². The van der Waals surface area contributed by atoms with Crippen LogP contribution in [0.1, 0.15) is 43.0 Å². The molecule has 4 nitrogen and oxygen atoms in total. The van der Waals surface area contributed by atoms with E-state index in [2.05, 4.69) is 17.2 Å². The Hall–Kier alpha value is -2.24. The summed E-state index contributed by atoms with van der Waals surface area (Å²) in [6, 6.07) is 6.36. The predicted octanol–water partition coefficient (Wildman–Crippen LogP) is 3.75. The summed E-state index contributed by atoms with van der Waals surface area (Å²) in [5.74, 6) is -3.16. The van der Waals surface area contributed by atoms with Crippen molar-refractivity contribution >= 4 is 17.5 Å². The lowest BCUT2D eigenvalue weighted by Crippen LogP contribution is -2.41. The number of hydrogen-bond donors (Lipinski definition) is 2. The normalized spacial score (nSPS) is 18.5. The molecule has 2 rings (SSSR count). The number of amides is 2. The van der Waals surface area contributed by atoms with Crippen LogP contribution in [-0.2, 0) is 4.79 Å². The van der Waals surface area contributed by atoms with Gasteiger partial charge in [-0.15, -0.1) is 0 Å². The maximum Gasteiger partial charge on any atom is 0.251 e. The van der Waals surface area contributed by atoms with E-state index in [-0.39, 0.29) is 36.6 Å². The van der Waals surface area contributed by atoms with Crippen LogP contribution in [0, 0.1) is 5.92 Å². The Morgan fingerprint density at radius 1 is 1.33 bits per heavy atom. The lowest BCUT2D eigenvalue weighted by atomic mass is 9.82. The standard InChI is InChI=1S/C18H22F2N2O2/c1-3-16(23)22-15-6-4-5-14(11-15)17(24)21-12(2)13-7-9-18(19,20)10-8-13/h3-6,11-13H,1,7-10H2,2H3,(H,21,24)(H,22,23). The monoisotopic (exact) mass is 336 g/mol. The molecule has 1 aromatic carbocycles. The van der Waals surface area contributed by atoms with E-state index in [1.54, 1.807) is 24.3 Å². The maximum atomic E-state index is 13.2. The summed E-state index contributed by atoms with van der Waals surface area (Å²) in [5.41, 5.74) is 0.905. The highest BCUT2D eigenvalue weighted by atomic mass is 19.3. The van der Waals surface area contributed by atoms with Crippen LogP contribution in [0.5, 0.6) is 0 Å². The van der Waals surface area contributed by atoms with Gasteiger partial charge in [-0.25, -0.2) is 8.78 Å². The van der Waals surface area contributed by atoms with E-state index in [1.165, 1.54) is 0 Å². The Morgan fingerprint density at radius 2 is 2.00 bits per heavy atom. The number of nitrogens with one attached hydrogen (secondary N) is 2. The van der Waals surface area contributed by atoms with Crippen LogP contribution < -0.4 is 10.6 Å². The fourth-order valence-electron chi connectivity index (χ4n) is 2.90. The Kier molecular flexibility index (Phi) is 5.70. The van der Waals surface area contributed by atoms with Gasteiger partial charge in [0.2, 0.25) is 11.8 Å². The molecule has 0 heterocycles. The molecule has 0 saturated heterocycles. The fourth-order valence-corrected chi connectivity index (χ4v) is 2.90. The molecule has 0 radical (unpaired) electrons. The molecule has 1 aromatic rings. The Balaban J connectivity index is 1.95. The van der Waals surface area contributed by atoms with E-state index in [0.717, 1.165) is 6.08 Å². The second-order valence-electron chi connectivity index (χ2n) is 6.23. The molecule has 1 fully saturated rings. The molecule has 0 aliphatic heterocycles. The van der Waals surface area contributed by atoms with Crippen LogP contribution in [0.3, 0.4) is 0 Å². The van der Waals surface area contributed by atoms with Crippen molar-refractivity contribution < 1.29 is 18.4 Å². The zero-order chi connectivity index (χ0) is 17.7. The van der Waals surface area contributed by atoms with Gasteiger partial charge in [0.05, 0.1) is 0 Å². The largest absolute Gasteiger partial charge is 0.349 e. The van der Waals surface area contributed by atoms with Crippen LogP contribution >= 0.6 is 0 Å². The third-order valence-electron chi connectivity index (χ3n) is 4.41. The number of carbonyl (C=O) groups is 2. The average Bonchev–Trinajstić information content (AvgIpc) is 2.54. The van der Waals surface area contributed by atoms with Gasteiger partial charge in [-0.2, -0.15) is 0 Å². The van der Waals surface area contributed by atoms with Crippen molar-refractivity contribution in [2.75, 3.05) is 5.32 Å². The molecule has 1 aliphatic carbocycles. The number of alkyl halides is 2. The fraction of sp³-hybridized carbons (Fsp3) is 0.444. The quantitative estimate of drug-likeness (QED) is 0.805. The zero-order valence-electron chi connectivity index (χ0n) is 13.6. The molecule has 2 amide bonds. The summed E-state index contributed by atoms with van der Waals surface area (Å²) in [7, 11) is 0. The number of anilines is 1. The van der Waals surface area contributed by atoms with Crippen molar-refractivity contribution in [3.8, 4) is 0 Å². The van der Waals surface area contributed by atoms with E-state index >= 15 is 0 Å². The van der Waals surface area contributed by atoms with Crippen LogP contribution in [0.4, 0.5) is 14.5 Å². The van der Waals surface area contributed by atoms with Crippen LogP contribution in [0.25, 0.3) is 0 Å². The van der Waals surface area contributed by atoms with Gasteiger partial charge >= 0.3 is 0 Å². The summed E-state index contributed by atoms with van der Waals surface area (Å²) < 4.78 is 26.4. The first-order valence-corrected chi connectivity index (χ1v) is 8.03. The van der Waals surface area contributed by atoms with Crippen molar-refractivity contribution in [3.63, 3.8) is 0 Å². The van der Waals surface area contributed by atoms with E-state index < -0.39 is 5.92 Å². The molecule has 130 valence electrons. The Labute approximate surface area is 140 Å². The summed E-state index contributed by atoms with van der Waals surface area (Å²) in [4.78, 5) is 23.6. The number of halogens is 2. The van der Waals surface area contributed by atoms with E-state index in [4.69, 9.17) is 0 Å². The van der Waals surface area contributed by atoms with Crippen LogP contribution in [0.15, 0.2) is 36.9 Å². The predicted molar refractivity (Wildman–Crippen MR) is 89.1 cm³/mol. The minimum atomic E-state index is -2.57. The average molecular weight is 336 g/mol. The highest BCUT2D eigenvalue weighted by Gasteiger charge is 2.36. The summed E-state index contributed by atoms with van der Waals surface area (Å²) >= 11 is 0. The number of benzene rings is 1. The topological polar surface area (TPSA) is 58.2 Å². The molecule has 1 aliphatic rings. The minimum Gasteiger partial charge on any atom is -0.349 e. The number of carbonyl (C=O) groups excluding carboxylic acids is 2. The molecule has 24 heavy (non-hydrogen) atoms. The lowest BCUT2D eigenvalue weighted by Gasteiger charge is -2.32. The van der Waals surface area contributed by atoms with Gasteiger partial charge in [0.15, 0.2) is 0 Å². The van der Waals surface area contributed by atoms with Gasteiger partial charge in [0.1, 0.15) is 0 Å². The Bertz CT molecular complexity index is 621.